The zero-order chi connectivity index (χ0) is 13.5. The first kappa shape index (κ1) is 12.9. The molecule has 0 amide bonds. The van der Waals surface area contributed by atoms with E-state index < -0.39 is 0 Å². The van der Waals surface area contributed by atoms with Crippen molar-refractivity contribution in [3.63, 3.8) is 0 Å². The van der Waals surface area contributed by atoms with Gasteiger partial charge in [0.1, 0.15) is 11.3 Å². The summed E-state index contributed by atoms with van der Waals surface area (Å²) in [6.45, 7) is 10.9. The molecule has 2 heteroatoms. The Hall–Kier alpha value is -1.57. The van der Waals surface area contributed by atoms with Crippen LogP contribution < -0.4 is 4.74 Å². The molecule has 0 spiro atoms. The van der Waals surface area contributed by atoms with Crippen molar-refractivity contribution in [1.82, 2.24) is 4.98 Å². The van der Waals surface area contributed by atoms with E-state index >= 15 is 0 Å². The number of nitrogens with zero attached hydrogens (tertiary/aromatic N) is 1. The normalized spacial score (nSPS) is 11.9. The van der Waals surface area contributed by atoms with Crippen LogP contribution in [0, 0.1) is 13.8 Å². The lowest BCUT2D eigenvalue weighted by atomic mass is 9.83. The molecule has 0 saturated heterocycles. The van der Waals surface area contributed by atoms with Crippen LogP contribution >= 0.6 is 0 Å². The summed E-state index contributed by atoms with van der Waals surface area (Å²) in [7, 11) is 1.70. The number of hydrogen-bond donors (Lipinski definition) is 0. The van der Waals surface area contributed by atoms with Gasteiger partial charge in [0.25, 0.3) is 0 Å². The molecule has 96 valence electrons. The van der Waals surface area contributed by atoms with Gasteiger partial charge in [-0.2, -0.15) is 0 Å². The fourth-order valence-corrected chi connectivity index (χ4v) is 2.37. The molecule has 0 bridgehead atoms. The number of hydrogen-bond acceptors (Lipinski definition) is 2. The van der Waals surface area contributed by atoms with Gasteiger partial charge in [-0.25, -0.2) is 4.98 Å². The molecule has 0 N–H and O–H groups in total. The van der Waals surface area contributed by atoms with Gasteiger partial charge in [0, 0.05) is 11.1 Å². The van der Waals surface area contributed by atoms with Gasteiger partial charge < -0.3 is 4.74 Å². The summed E-state index contributed by atoms with van der Waals surface area (Å²) in [5.41, 5.74) is 4.70. The van der Waals surface area contributed by atoms with E-state index in [1.165, 1.54) is 16.5 Å². The highest BCUT2D eigenvalue weighted by Gasteiger charge is 2.20. The molecule has 0 unspecified atom stereocenters. The smallest absolute Gasteiger partial charge is 0.145 e. The fourth-order valence-electron chi connectivity index (χ4n) is 2.37. The maximum Gasteiger partial charge on any atom is 0.145 e. The van der Waals surface area contributed by atoms with Crippen LogP contribution in [-0.2, 0) is 5.41 Å². The Morgan fingerprint density at radius 1 is 1.11 bits per heavy atom. The van der Waals surface area contributed by atoms with Crippen LogP contribution in [0.4, 0.5) is 0 Å². The van der Waals surface area contributed by atoms with Gasteiger partial charge >= 0.3 is 0 Å². The molecule has 2 aromatic rings. The van der Waals surface area contributed by atoms with E-state index in [4.69, 9.17) is 4.74 Å². The van der Waals surface area contributed by atoms with Crippen molar-refractivity contribution < 1.29 is 4.74 Å². The van der Waals surface area contributed by atoms with Crippen LogP contribution in [0.1, 0.15) is 37.6 Å². The summed E-state index contributed by atoms with van der Waals surface area (Å²) in [6.07, 6.45) is 0. The first-order valence-electron chi connectivity index (χ1n) is 6.30. The highest BCUT2D eigenvalue weighted by molar-refractivity contribution is 5.91. The SMILES string of the molecule is COc1ccc(C)c2c(C(C)(C)C)cc(C)nc12. The zero-order valence-corrected chi connectivity index (χ0v) is 12.1. The quantitative estimate of drug-likeness (QED) is 0.750. The molecular formula is C16H21NO. The first-order chi connectivity index (χ1) is 8.34. The molecule has 1 aromatic carbocycles. The van der Waals surface area contributed by atoms with Gasteiger partial charge in [0.15, 0.2) is 0 Å². The Morgan fingerprint density at radius 2 is 1.78 bits per heavy atom. The van der Waals surface area contributed by atoms with Crippen LogP contribution in [0.25, 0.3) is 10.9 Å². The van der Waals surface area contributed by atoms with Crippen molar-refractivity contribution in [2.45, 2.75) is 40.0 Å². The van der Waals surface area contributed by atoms with Gasteiger partial charge in [-0.1, -0.05) is 26.8 Å². The van der Waals surface area contributed by atoms with Gasteiger partial charge in [0.05, 0.1) is 7.11 Å². The van der Waals surface area contributed by atoms with Gasteiger partial charge in [-0.15, -0.1) is 0 Å². The van der Waals surface area contributed by atoms with Crippen LogP contribution in [0.15, 0.2) is 18.2 Å². The molecule has 0 atom stereocenters. The van der Waals surface area contributed by atoms with E-state index in [-0.39, 0.29) is 5.41 Å². The molecule has 2 rings (SSSR count). The second kappa shape index (κ2) is 4.27. The Balaban J connectivity index is 2.95. The number of rotatable bonds is 1. The number of pyridine rings is 1. The molecule has 0 radical (unpaired) electrons. The predicted molar refractivity (Wildman–Crippen MR) is 76.5 cm³/mol. The predicted octanol–water partition coefficient (Wildman–Crippen LogP) is 4.16. The second-order valence-electron chi connectivity index (χ2n) is 5.87. The van der Waals surface area contributed by atoms with Crippen molar-refractivity contribution in [2.75, 3.05) is 7.11 Å². The molecule has 1 aromatic heterocycles. The Labute approximate surface area is 109 Å². The molecule has 2 nitrogen and oxygen atoms in total. The van der Waals surface area contributed by atoms with Crippen molar-refractivity contribution in [3.8, 4) is 5.75 Å². The molecule has 0 fully saturated rings. The van der Waals surface area contributed by atoms with E-state index in [0.29, 0.717) is 0 Å². The molecular weight excluding hydrogens is 222 g/mol. The number of fused-ring (bicyclic) bond motifs is 1. The van der Waals surface area contributed by atoms with E-state index in [9.17, 15) is 0 Å². The van der Waals surface area contributed by atoms with Crippen molar-refractivity contribution in [3.05, 3.63) is 35.0 Å². The summed E-state index contributed by atoms with van der Waals surface area (Å²) in [6, 6.07) is 6.29. The largest absolute Gasteiger partial charge is 0.494 e. The number of benzene rings is 1. The minimum Gasteiger partial charge on any atom is -0.494 e. The molecule has 1 heterocycles. The lowest BCUT2D eigenvalue weighted by Crippen LogP contribution is -2.13. The van der Waals surface area contributed by atoms with E-state index in [1.807, 2.05) is 13.0 Å². The van der Waals surface area contributed by atoms with Crippen molar-refractivity contribution >= 4 is 10.9 Å². The average molecular weight is 243 g/mol. The third kappa shape index (κ3) is 2.07. The van der Waals surface area contributed by atoms with Crippen molar-refractivity contribution in [2.24, 2.45) is 0 Å². The Bertz CT molecular complexity index is 594. The maximum absolute atomic E-state index is 5.44. The topological polar surface area (TPSA) is 22.1 Å². The lowest BCUT2D eigenvalue weighted by Gasteiger charge is -2.23. The van der Waals surface area contributed by atoms with Gasteiger partial charge in [-0.05, 0) is 42.5 Å². The number of aromatic nitrogens is 1. The Morgan fingerprint density at radius 3 is 2.33 bits per heavy atom. The minimum atomic E-state index is 0.100. The summed E-state index contributed by atoms with van der Waals surface area (Å²) >= 11 is 0. The highest BCUT2D eigenvalue weighted by Crippen LogP contribution is 2.35. The fraction of sp³-hybridized carbons (Fsp3) is 0.438. The van der Waals surface area contributed by atoms with E-state index in [0.717, 1.165) is 17.0 Å². The summed E-state index contributed by atoms with van der Waals surface area (Å²) in [4.78, 5) is 4.66. The molecule has 0 aliphatic rings. The standard InChI is InChI=1S/C16H21NO/c1-10-7-8-13(18-6)15-14(10)12(16(3,4)5)9-11(2)17-15/h7-9H,1-6H3. The van der Waals surface area contributed by atoms with Crippen molar-refractivity contribution in [1.29, 1.82) is 0 Å². The summed E-state index contributed by atoms with van der Waals surface area (Å²) in [5, 5.41) is 1.23. The molecule has 0 aliphatic heterocycles. The van der Waals surface area contributed by atoms with Crippen LogP contribution in [0.2, 0.25) is 0 Å². The van der Waals surface area contributed by atoms with E-state index in [2.05, 4.69) is 44.8 Å². The zero-order valence-electron chi connectivity index (χ0n) is 12.1. The Kier molecular flexibility index (Phi) is 3.05. The third-order valence-corrected chi connectivity index (χ3v) is 3.29. The monoisotopic (exact) mass is 243 g/mol. The summed E-state index contributed by atoms with van der Waals surface area (Å²) in [5.74, 6) is 0.852. The number of ether oxygens (including phenoxy) is 1. The molecule has 0 aliphatic carbocycles. The molecule has 0 saturated carbocycles. The van der Waals surface area contributed by atoms with Crippen LogP contribution in [0.3, 0.4) is 0 Å². The third-order valence-electron chi connectivity index (χ3n) is 3.29. The van der Waals surface area contributed by atoms with Gasteiger partial charge in [0.2, 0.25) is 0 Å². The number of aryl methyl sites for hydroxylation is 2. The van der Waals surface area contributed by atoms with Gasteiger partial charge in [-0.3, -0.25) is 0 Å². The lowest BCUT2D eigenvalue weighted by molar-refractivity contribution is 0.418. The first-order valence-corrected chi connectivity index (χ1v) is 6.30. The minimum absolute atomic E-state index is 0.100. The highest BCUT2D eigenvalue weighted by atomic mass is 16.5. The molecule has 18 heavy (non-hydrogen) atoms. The summed E-state index contributed by atoms with van der Waals surface area (Å²) < 4.78 is 5.44. The average Bonchev–Trinajstić information content (AvgIpc) is 2.27. The maximum atomic E-state index is 5.44. The van der Waals surface area contributed by atoms with E-state index in [1.54, 1.807) is 7.11 Å². The number of methoxy groups -OCH3 is 1. The second-order valence-corrected chi connectivity index (χ2v) is 5.87. The van der Waals surface area contributed by atoms with Crippen LogP contribution in [-0.4, -0.2) is 12.1 Å². The van der Waals surface area contributed by atoms with Crippen LogP contribution in [0.5, 0.6) is 5.75 Å².